The Morgan fingerprint density at radius 2 is 2.03 bits per heavy atom. The SMILES string of the molecule is CCc1cccc2sc(N(Cc3ccccn3)C(=O)c3cc(C)nn3C(C)C)nc12. The van der Waals surface area contributed by atoms with Crippen molar-refractivity contribution >= 4 is 32.6 Å². The van der Waals surface area contributed by atoms with Crippen molar-refractivity contribution in [3.05, 3.63) is 71.3 Å². The average Bonchev–Trinajstić information content (AvgIpc) is 3.35. The van der Waals surface area contributed by atoms with E-state index >= 15 is 0 Å². The lowest BCUT2D eigenvalue weighted by atomic mass is 10.1. The van der Waals surface area contributed by atoms with E-state index in [0.717, 1.165) is 28.0 Å². The second kappa shape index (κ2) is 8.36. The third-order valence-electron chi connectivity index (χ3n) is 4.96. The van der Waals surface area contributed by atoms with E-state index in [9.17, 15) is 4.79 Å². The predicted molar refractivity (Wildman–Crippen MR) is 121 cm³/mol. The average molecular weight is 420 g/mol. The molecule has 0 N–H and O–H groups in total. The van der Waals surface area contributed by atoms with Gasteiger partial charge in [0.1, 0.15) is 5.69 Å². The molecule has 0 aliphatic carbocycles. The lowest BCUT2D eigenvalue weighted by Gasteiger charge is -2.21. The molecule has 3 aromatic heterocycles. The maximum atomic E-state index is 13.7. The van der Waals surface area contributed by atoms with Crippen LogP contribution in [0.5, 0.6) is 0 Å². The summed E-state index contributed by atoms with van der Waals surface area (Å²) < 4.78 is 2.87. The predicted octanol–water partition coefficient (Wildman–Crippen LogP) is 5.19. The highest BCUT2D eigenvalue weighted by atomic mass is 32.1. The van der Waals surface area contributed by atoms with Gasteiger partial charge in [-0.05, 0) is 57.0 Å². The van der Waals surface area contributed by atoms with Gasteiger partial charge in [0.05, 0.1) is 28.1 Å². The van der Waals surface area contributed by atoms with Crippen LogP contribution in [0.25, 0.3) is 10.2 Å². The fourth-order valence-corrected chi connectivity index (χ4v) is 4.49. The third-order valence-corrected chi connectivity index (χ3v) is 6.00. The number of pyridine rings is 1. The Balaban J connectivity index is 1.82. The van der Waals surface area contributed by atoms with E-state index in [-0.39, 0.29) is 11.9 Å². The minimum Gasteiger partial charge on any atom is -0.277 e. The zero-order valence-corrected chi connectivity index (χ0v) is 18.5. The molecule has 4 aromatic rings. The summed E-state index contributed by atoms with van der Waals surface area (Å²) in [6, 6.07) is 13.9. The van der Waals surface area contributed by atoms with Gasteiger partial charge in [0.25, 0.3) is 5.91 Å². The summed E-state index contributed by atoms with van der Waals surface area (Å²) in [4.78, 5) is 24.8. The molecule has 0 bridgehead atoms. The number of amides is 1. The van der Waals surface area contributed by atoms with Crippen molar-refractivity contribution in [2.24, 2.45) is 0 Å². The molecule has 6 nitrogen and oxygen atoms in total. The largest absolute Gasteiger partial charge is 0.278 e. The quantitative estimate of drug-likeness (QED) is 0.432. The Morgan fingerprint density at radius 1 is 1.20 bits per heavy atom. The monoisotopic (exact) mass is 419 g/mol. The number of anilines is 1. The van der Waals surface area contributed by atoms with Crippen LogP contribution in [-0.4, -0.2) is 25.7 Å². The number of carbonyl (C=O) groups is 1. The number of nitrogens with zero attached hydrogens (tertiary/aromatic N) is 5. The molecule has 0 saturated carbocycles. The van der Waals surface area contributed by atoms with Crippen molar-refractivity contribution in [2.75, 3.05) is 4.90 Å². The fourth-order valence-electron chi connectivity index (χ4n) is 3.48. The molecule has 3 heterocycles. The Morgan fingerprint density at radius 3 is 2.73 bits per heavy atom. The van der Waals surface area contributed by atoms with Gasteiger partial charge >= 0.3 is 0 Å². The van der Waals surface area contributed by atoms with Crippen molar-refractivity contribution in [3.63, 3.8) is 0 Å². The highest BCUT2D eigenvalue weighted by molar-refractivity contribution is 7.22. The molecule has 0 radical (unpaired) electrons. The van der Waals surface area contributed by atoms with Crippen LogP contribution >= 0.6 is 11.3 Å². The number of aromatic nitrogens is 4. The molecule has 0 aliphatic rings. The molecule has 0 unspecified atom stereocenters. The molecule has 0 atom stereocenters. The summed E-state index contributed by atoms with van der Waals surface area (Å²) >= 11 is 1.53. The summed E-state index contributed by atoms with van der Waals surface area (Å²) in [5.74, 6) is -0.118. The fraction of sp³-hybridized carbons (Fsp3) is 0.304. The maximum absolute atomic E-state index is 13.7. The van der Waals surface area contributed by atoms with Gasteiger partial charge in [0.15, 0.2) is 5.13 Å². The first-order valence-corrected chi connectivity index (χ1v) is 11.0. The number of rotatable bonds is 6. The van der Waals surface area contributed by atoms with Gasteiger partial charge in [-0.25, -0.2) is 4.98 Å². The molecule has 0 spiro atoms. The number of fused-ring (bicyclic) bond motifs is 1. The molecular formula is C23H25N5OS. The van der Waals surface area contributed by atoms with Crippen LogP contribution in [-0.2, 0) is 13.0 Å². The van der Waals surface area contributed by atoms with Gasteiger partial charge in [-0.3, -0.25) is 19.4 Å². The first-order chi connectivity index (χ1) is 14.5. The normalized spacial score (nSPS) is 11.4. The van der Waals surface area contributed by atoms with Crippen LogP contribution in [0, 0.1) is 6.92 Å². The van der Waals surface area contributed by atoms with Gasteiger partial charge in [0.2, 0.25) is 0 Å². The van der Waals surface area contributed by atoms with Crippen LogP contribution in [0.4, 0.5) is 5.13 Å². The van der Waals surface area contributed by atoms with Crippen molar-refractivity contribution in [2.45, 2.75) is 46.7 Å². The maximum Gasteiger partial charge on any atom is 0.278 e. The minimum absolute atomic E-state index is 0.0800. The summed E-state index contributed by atoms with van der Waals surface area (Å²) in [6.45, 7) is 8.43. The Labute approximate surface area is 180 Å². The Kier molecular flexibility index (Phi) is 5.63. The van der Waals surface area contributed by atoms with E-state index in [2.05, 4.69) is 29.1 Å². The Hall–Kier alpha value is -3.06. The van der Waals surface area contributed by atoms with Gasteiger partial charge in [-0.2, -0.15) is 5.10 Å². The zero-order valence-electron chi connectivity index (χ0n) is 17.7. The van der Waals surface area contributed by atoms with Gasteiger partial charge in [0, 0.05) is 12.2 Å². The molecule has 1 aromatic carbocycles. The van der Waals surface area contributed by atoms with Gasteiger partial charge in [-0.15, -0.1) is 0 Å². The topological polar surface area (TPSA) is 63.9 Å². The number of aryl methyl sites for hydroxylation is 2. The van der Waals surface area contributed by atoms with Gasteiger partial charge < -0.3 is 0 Å². The second-order valence-corrected chi connectivity index (χ2v) is 8.54. The summed E-state index contributed by atoms with van der Waals surface area (Å²) in [7, 11) is 0. The van der Waals surface area contributed by atoms with Crippen molar-refractivity contribution in [1.29, 1.82) is 0 Å². The number of hydrogen-bond donors (Lipinski definition) is 0. The number of thiazole rings is 1. The third kappa shape index (κ3) is 3.85. The molecule has 0 fully saturated rings. The van der Waals surface area contributed by atoms with Crippen LogP contribution < -0.4 is 4.90 Å². The summed E-state index contributed by atoms with van der Waals surface area (Å²) in [6.07, 6.45) is 2.64. The van der Waals surface area contributed by atoms with E-state index in [0.29, 0.717) is 17.4 Å². The van der Waals surface area contributed by atoms with Crippen molar-refractivity contribution in [1.82, 2.24) is 19.7 Å². The molecule has 1 amide bonds. The number of hydrogen-bond acceptors (Lipinski definition) is 5. The van der Waals surface area contributed by atoms with E-state index in [4.69, 9.17) is 4.98 Å². The lowest BCUT2D eigenvalue weighted by molar-refractivity contribution is 0.0972. The van der Waals surface area contributed by atoms with Crippen LogP contribution in [0.2, 0.25) is 0 Å². The molecule has 154 valence electrons. The first kappa shape index (κ1) is 20.2. The Bertz CT molecular complexity index is 1180. The van der Waals surface area contributed by atoms with Gasteiger partial charge in [-0.1, -0.05) is 36.5 Å². The molecule has 7 heteroatoms. The van der Waals surface area contributed by atoms with E-state index in [1.807, 2.05) is 51.1 Å². The lowest BCUT2D eigenvalue weighted by Crippen LogP contribution is -2.32. The standard InChI is InChI=1S/C23H25N5OS/c1-5-17-9-8-11-20-21(17)25-23(30-20)27(14-18-10-6-7-12-24-18)22(29)19-13-16(4)26-28(19)15(2)3/h6-13,15H,5,14H2,1-4H3. The molecule has 0 saturated heterocycles. The number of para-hydroxylation sites is 1. The van der Waals surface area contributed by atoms with Crippen molar-refractivity contribution < 1.29 is 4.79 Å². The van der Waals surface area contributed by atoms with E-state index in [1.54, 1.807) is 15.8 Å². The van der Waals surface area contributed by atoms with Crippen LogP contribution in [0.3, 0.4) is 0 Å². The second-order valence-electron chi connectivity index (χ2n) is 7.54. The van der Waals surface area contributed by atoms with E-state index in [1.165, 1.54) is 16.9 Å². The van der Waals surface area contributed by atoms with E-state index < -0.39 is 0 Å². The first-order valence-electron chi connectivity index (χ1n) is 10.1. The smallest absolute Gasteiger partial charge is 0.277 e. The summed E-state index contributed by atoms with van der Waals surface area (Å²) in [5.41, 5.74) is 4.35. The highest BCUT2D eigenvalue weighted by Crippen LogP contribution is 2.33. The molecule has 4 rings (SSSR count). The minimum atomic E-state index is -0.118. The highest BCUT2D eigenvalue weighted by Gasteiger charge is 2.26. The zero-order chi connectivity index (χ0) is 21.3. The number of benzene rings is 1. The number of carbonyl (C=O) groups excluding carboxylic acids is 1. The summed E-state index contributed by atoms with van der Waals surface area (Å²) in [5, 5.41) is 5.20. The molecular weight excluding hydrogens is 394 g/mol. The van der Waals surface area contributed by atoms with Crippen LogP contribution in [0.15, 0.2) is 48.7 Å². The van der Waals surface area contributed by atoms with Crippen molar-refractivity contribution in [3.8, 4) is 0 Å². The van der Waals surface area contributed by atoms with Crippen LogP contribution in [0.1, 0.15) is 54.3 Å². The molecule has 30 heavy (non-hydrogen) atoms. The molecule has 0 aliphatic heterocycles.